The Morgan fingerprint density at radius 3 is 2.61 bits per heavy atom. The fourth-order valence-electron chi connectivity index (χ4n) is 6.25. The van der Waals surface area contributed by atoms with Crippen LogP contribution >= 0.6 is 0 Å². The van der Waals surface area contributed by atoms with E-state index in [4.69, 9.17) is 19.3 Å². The molecule has 1 fully saturated rings. The number of hydrogen-bond donors (Lipinski definition) is 4. The number of alkyl carbamates (subject to hydrolysis) is 1. The van der Waals surface area contributed by atoms with Crippen LogP contribution in [-0.4, -0.2) is 72.2 Å². The Hall–Kier alpha value is -4.13. The first-order chi connectivity index (χ1) is 21.4. The third-order valence-corrected chi connectivity index (χ3v) is 9.72. The lowest BCUT2D eigenvalue weighted by Gasteiger charge is -2.25. The Bertz CT molecular complexity index is 1450. The Labute approximate surface area is 259 Å². The molecule has 2 aliphatic carbocycles. The van der Waals surface area contributed by atoms with E-state index in [1.165, 1.54) is 7.11 Å². The molecular weight excluding hydrogens is 586 g/mol. The number of aliphatic imine (C=N–C) groups is 1. The maximum Gasteiger partial charge on any atom is 0.408 e. The first-order valence-electron chi connectivity index (χ1n) is 14.9. The molecule has 0 aromatic heterocycles. The van der Waals surface area contributed by atoms with Crippen molar-refractivity contribution in [3.63, 3.8) is 0 Å². The molecule has 4 N–H and O–H groups in total. The van der Waals surface area contributed by atoms with Gasteiger partial charge in [-0.05, 0) is 55.2 Å². The molecule has 1 heterocycles. The molecule has 5 rings (SSSR count). The van der Waals surface area contributed by atoms with Crippen LogP contribution in [0, 0.1) is 5.92 Å². The second-order valence-electron chi connectivity index (χ2n) is 11.0. The van der Waals surface area contributed by atoms with E-state index < -0.39 is 28.9 Å². The quantitative estimate of drug-likeness (QED) is 0.275. The van der Waals surface area contributed by atoms with E-state index in [0.29, 0.717) is 28.8 Å². The van der Waals surface area contributed by atoms with E-state index in [1.54, 1.807) is 19.2 Å². The molecule has 1 amide bonds. The zero-order valence-corrected chi connectivity index (χ0v) is 25.8. The van der Waals surface area contributed by atoms with Crippen molar-refractivity contribution >= 4 is 34.5 Å². The predicted molar refractivity (Wildman–Crippen MR) is 166 cm³/mol. The standard InChI is InChI=1S/C31H39N5O7S/c1-41-27-25(44(40)16-13-24(29(37)38)34-31(39)43-18-19-7-4-3-5-8-19)17-20-11-12-23(35-36-30-32-14-15-33-30)21-9-6-10-22(21)26(20)28(27)42-2/h3-5,7-8,17,21-22,24H,6,9-16,18H2,1-2H3,(H,34,39)(H,37,38)(H2,32,33,36). The summed E-state index contributed by atoms with van der Waals surface area (Å²) < 4.78 is 30.6. The molecule has 0 saturated heterocycles. The van der Waals surface area contributed by atoms with Crippen LogP contribution in [-0.2, 0) is 33.4 Å². The number of carboxylic acid groups (broad SMARTS) is 1. The zero-order chi connectivity index (χ0) is 31.1. The second-order valence-corrected chi connectivity index (χ2v) is 12.5. The zero-order valence-electron chi connectivity index (χ0n) is 25.0. The number of hydrogen-bond acceptors (Lipinski definition) is 10. The molecule has 13 heteroatoms. The Balaban J connectivity index is 1.32. The van der Waals surface area contributed by atoms with Gasteiger partial charge in [-0.15, -0.1) is 0 Å². The Kier molecular flexibility index (Phi) is 10.4. The molecule has 12 nitrogen and oxygen atoms in total. The second kappa shape index (κ2) is 14.6. The SMILES string of the molecule is COc1c(S(=O)CCC(NC(=O)OCc2ccccc2)C(=O)O)cc2c(c1OC)C1CCCC1C(=NNC1=NCCN1)CC2. The van der Waals surface area contributed by atoms with Crippen molar-refractivity contribution in [1.29, 1.82) is 0 Å². The average molecular weight is 626 g/mol. The number of fused-ring (bicyclic) bond motifs is 3. The summed E-state index contributed by atoms with van der Waals surface area (Å²) >= 11 is 0. The van der Waals surface area contributed by atoms with Gasteiger partial charge >= 0.3 is 12.1 Å². The van der Waals surface area contributed by atoms with Crippen molar-refractivity contribution < 1.29 is 33.1 Å². The summed E-state index contributed by atoms with van der Waals surface area (Å²) in [5.41, 5.74) is 7.06. The molecule has 0 bridgehead atoms. The van der Waals surface area contributed by atoms with Gasteiger partial charge in [0, 0.05) is 29.5 Å². The number of rotatable bonds is 11. The summed E-state index contributed by atoms with van der Waals surface area (Å²) in [5, 5.41) is 20.1. The summed E-state index contributed by atoms with van der Waals surface area (Å²) in [6.45, 7) is 1.53. The third kappa shape index (κ3) is 7.15. The topological polar surface area (TPSA) is 160 Å². The van der Waals surface area contributed by atoms with Crippen LogP contribution in [0.1, 0.15) is 54.7 Å². The van der Waals surface area contributed by atoms with Crippen LogP contribution in [0.5, 0.6) is 11.5 Å². The Morgan fingerprint density at radius 1 is 1.14 bits per heavy atom. The number of ether oxygens (including phenoxy) is 3. The minimum atomic E-state index is -1.64. The maximum absolute atomic E-state index is 13.7. The number of carboxylic acids is 1. The number of nitrogens with one attached hydrogen (secondary N) is 3. The van der Waals surface area contributed by atoms with E-state index in [2.05, 4.69) is 21.1 Å². The number of carbonyl (C=O) groups is 2. The van der Waals surface area contributed by atoms with E-state index in [0.717, 1.165) is 61.2 Å². The number of aliphatic carboxylic acids is 1. The number of benzene rings is 2. The van der Waals surface area contributed by atoms with Crippen LogP contribution in [0.4, 0.5) is 4.79 Å². The summed E-state index contributed by atoms with van der Waals surface area (Å²) in [7, 11) is 1.46. The molecule has 1 aliphatic heterocycles. The van der Waals surface area contributed by atoms with E-state index >= 15 is 0 Å². The van der Waals surface area contributed by atoms with Gasteiger partial charge in [-0.1, -0.05) is 36.8 Å². The average Bonchev–Trinajstić information content (AvgIpc) is 3.72. The smallest absolute Gasteiger partial charge is 0.408 e. The highest BCUT2D eigenvalue weighted by molar-refractivity contribution is 7.85. The molecule has 236 valence electrons. The van der Waals surface area contributed by atoms with Crippen LogP contribution in [0.3, 0.4) is 0 Å². The normalized spacial score (nSPS) is 21.1. The van der Waals surface area contributed by atoms with Gasteiger partial charge in [-0.3, -0.25) is 4.21 Å². The minimum absolute atomic E-state index is 0.00698. The van der Waals surface area contributed by atoms with Gasteiger partial charge in [-0.2, -0.15) is 5.10 Å². The Morgan fingerprint density at radius 2 is 1.91 bits per heavy atom. The fourth-order valence-corrected chi connectivity index (χ4v) is 7.57. The molecule has 1 saturated carbocycles. The summed E-state index contributed by atoms with van der Waals surface area (Å²) in [6, 6.07) is 9.72. The van der Waals surface area contributed by atoms with E-state index in [-0.39, 0.29) is 30.6 Å². The highest BCUT2D eigenvalue weighted by atomic mass is 32.2. The van der Waals surface area contributed by atoms with Gasteiger partial charge in [0.25, 0.3) is 0 Å². The first kappa shape index (κ1) is 31.3. The summed E-state index contributed by atoms with van der Waals surface area (Å²) in [5.74, 6) is 0.802. The van der Waals surface area contributed by atoms with Crippen molar-refractivity contribution in [3.05, 3.63) is 53.1 Å². The number of hydrazone groups is 1. The van der Waals surface area contributed by atoms with Crippen LogP contribution < -0.4 is 25.5 Å². The fraction of sp³-hybridized carbons (Fsp3) is 0.484. The van der Waals surface area contributed by atoms with Gasteiger partial charge in [-0.25, -0.2) is 20.0 Å². The number of guanidine groups is 1. The molecule has 2 aromatic rings. The van der Waals surface area contributed by atoms with Gasteiger partial charge in [0.15, 0.2) is 11.5 Å². The largest absolute Gasteiger partial charge is 0.493 e. The lowest BCUT2D eigenvalue weighted by molar-refractivity contribution is -0.139. The third-order valence-electron chi connectivity index (χ3n) is 8.32. The monoisotopic (exact) mass is 625 g/mol. The predicted octanol–water partition coefficient (Wildman–Crippen LogP) is 3.32. The number of amides is 1. The summed E-state index contributed by atoms with van der Waals surface area (Å²) in [6.07, 6.45) is 3.53. The molecule has 4 unspecified atom stereocenters. The van der Waals surface area contributed by atoms with Crippen molar-refractivity contribution in [1.82, 2.24) is 16.1 Å². The molecule has 0 spiro atoms. The maximum atomic E-state index is 13.7. The molecule has 0 radical (unpaired) electrons. The van der Waals surface area contributed by atoms with Gasteiger partial charge < -0.3 is 30.0 Å². The van der Waals surface area contributed by atoms with E-state index in [1.807, 2.05) is 24.3 Å². The molecular formula is C31H39N5O7S. The van der Waals surface area contributed by atoms with Crippen LogP contribution in [0.15, 0.2) is 51.4 Å². The van der Waals surface area contributed by atoms with Crippen molar-refractivity contribution in [2.24, 2.45) is 16.0 Å². The van der Waals surface area contributed by atoms with Crippen LogP contribution in [0.25, 0.3) is 0 Å². The molecule has 2 aromatic carbocycles. The van der Waals surface area contributed by atoms with Crippen molar-refractivity contribution in [3.8, 4) is 11.5 Å². The van der Waals surface area contributed by atoms with Crippen molar-refractivity contribution in [2.75, 3.05) is 33.1 Å². The van der Waals surface area contributed by atoms with Gasteiger partial charge in [0.05, 0.1) is 36.5 Å². The highest BCUT2D eigenvalue weighted by Gasteiger charge is 2.40. The van der Waals surface area contributed by atoms with Gasteiger partial charge in [0.2, 0.25) is 5.96 Å². The van der Waals surface area contributed by atoms with Gasteiger partial charge in [0.1, 0.15) is 12.6 Å². The molecule has 44 heavy (non-hydrogen) atoms. The number of methoxy groups -OCH3 is 2. The van der Waals surface area contributed by atoms with Crippen LogP contribution in [0.2, 0.25) is 0 Å². The lowest BCUT2D eigenvalue weighted by Crippen LogP contribution is -2.41. The van der Waals surface area contributed by atoms with E-state index in [9.17, 15) is 18.9 Å². The lowest BCUT2D eigenvalue weighted by atomic mass is 9.85. The number of carbonyl (C=O) groups excluding carboxylic acids is 1. The summed E-state index contributed by atoms with van der Waals surface area (Å²) in [4.78, 5) is 29.1. The first-order valence-corrected chi connectivity index (χ1v) is 16.2. The minimum Gasteiger partial charge on any atom is -0.493 e. The number of aryl methyl sites for hydroxylation is 1. The molecule has 3 aliphatic rings. The van der Waals surface area contributed by atoms with Crippen molar-refractivity contribution in [2.45, 2.75) is 62.0 Å². The highest BCUT2D eigenvalue weighted by Crippen LogP contribution is 2.52. The molecule has 4 atom stereocenters. The number of nitrogens with zero attached hydrogens (tertiary/aromatic N) is 2.